The molecule has 4 heteroatoms. The van der Waals surface area contributed by atoms with Gasteiger partial charge in [-0.2, -0.15) is 0 Å². The molecule has 1 atom stereocenters. The van der Waals surface area contributed by atoms with Crippen LogP contribution in [0.2, 0.25) is 0 Å². The van der Waals surface area contributed by atoms with Crippen molar-refractivity contribution >= 4 is 5.69 Å². The maximum Gasteiger partial charge on any atom is 0.250 e. The number of ether oxygens (including phenoxy) is 1. The van der Waals surface area contributed by atoms with Gasteiger partial charge in [-0.25, -0.2) is 0 Å². The number of aromatic nitrogens is 1. The molecule has 0 aliphatic carbocycles. The van der Waals surface area contributed by atoms with Crippen LogP contribution in [0.25, 0.3) is 0 Å². The minimum absolute atomic E-state index is 0.0321. The van der Waals surface area contributed by atoms with Crippen LogP contribution in [0, 0.1) is 0 Å². The number of aryl methyl sites for hydroxylation is 1. The van der Waals surface area contributed by atoms with Gasteiger partial charge >= 0.3 is 0 Å². The molecule has 0 aliphatic rings. The molecule has 106 valence electrons. The number of benzene rings is 1. The molecule has 0 spiro atoms. The number of nitrogens with two attached hydrogens (primary N) is 1. The standard InChI is InChI=1S/C16H20N2O2/c1-13(14-6-3-2-4-7-14)20-11-5-10-18-12-15(17)8-9-16(18)19/h2-4,6-9,12-13H,5,10-11,17H2,1H3. The van der Waals surface area contributed by atoms with Gasteiger partial charge in [0.05, 0.1) is 6.10 Å². The second-order valence-electron chi connectivity index (χ2n) is 4.77. The van der Waals surface area contributed by atoms with E-state index < -0.39 is 0 Å². The summed E-state index contributed by atoms with van der Waals surface area (Å²) >= 11 is 0. The molecule has 0 bridgehead atoms. The van der Waals surface area contributed by atoms with Gasteiger partial charge in [0, 0.05) is 31.1 Å². The van der Waals surface area contributed by atoms with Crippen LogP contribution in [-0.2, 0) is 11.3 Å². The summed E-state index contributed by atoms with van der Waals surface area (Å²) in [6.07, 6.45) is 2.51. The molecule has 2 N–H and O–H groups in total. The third kappa shape index (κ3) is 3.96. The van der Waals surface area contributed by atoms with Crippen LogP contribution in [0.4, 0.5) is 5.69 Å². The van der Waals surface area contributed by atoms with E-state index in [1.165, 1.54) is 6.07 Å². The van der Waals surface area contributed by atoms with E-state index >= 15 is 0 Å². The molecule has 2 rings (SSSR count). The first kappa shape index (κ1) is 14.3. The Morgan fingerprint density at radius 1 is 1.20 bits per heavy atom. The fraction of sp³-hybridized carbons (Fsp3) is 0.312. The maximum atomic E-state index is 11.6. The molecular weight excluding hydrogens is 252 g/mol. The minimum Gasteiger partial charge on any atom is -0.398 e. The van der Waals surface area contributed by atoms with Gasteiger partial charge < -0.3 is 15.0 Å². The Labute approximate surface area is 118 Å². The van der Waals surface area contributed by atoms with E-state index in [2.05, 4.69) is 0 Å². The lowest BCUT2D eigenvalue weighted by Crippen LogP contribution is -2.19. The highest BCUT2D eigenvalue weighted by Gasteiger charge is 2.04. The quantitative estimate of drug-likeness (QED) is 0.822. The normalized spacial score (nSPS) is 12.2. The summed E-state index contributed by atoms with van der Waals surface area (Å²) in [5.41, 5.74) is 7.39. The summed E-state index contributed by atoms with van der Waals surface area (Å²) in [5.74, 6) is 0. The smallest absolute Gasteiger partial charge is 0.250 e. The highest BCUT2D eigenvalue weighted by Crippen LogP contribution is 2.15. The lowest BCUT2D eigenvalue weighted by atomic mass is 10.1. The van der Waals surface area contributed by atoms with Crippen LogP contribution >= 0.6 is 0 Å². The van der Waals surface area contributed by atoms with Gasteiger partial charge in [0.2, 0.25) is 0 Å². The summed E-state index contributed by atoms with van der Waals surface area (Å²) in [6, 6.07) is 13.2. The second kappa shape index (κ2) is 6.91. The fourth-order valence-electron chi connectivity index (χ4n) is 2.04. The van der Waals surface area contributed by atoms with Crippen molar-refractivity contribution in [2.75, 3.05) is 12.3 Å². The SMILES string of the molecule is CC(OCCCn1cc(N)ccc1=O)c1ccccc1. The number of anilines is 1. The topological polar surface area (TPSA) is 57.2 Å². The van der Waals surface area contributed by atoms with E-state index in [4.69, 9.17) is 10.5 Å². The van der Waals surface area contributed by atoms with E-state index in [-0.39, 0.29) is 11.7 Å². The second-order valence-corrected chi connectivity index (χ2v) is 4.77. The van der Waals surface area contributed by atoms with Crippen molar-refractivity contribution in [3.63, 3.8) is 0 Å². The van der Waals surface area contributed by atoms with Crippen LogP contribution in [0.5, 0.6) is 0 Å². The molecule has 0 saturated heterocycles. The van der Waals surface area contributed by atoms with Crippen LogP contribution in [0.3, 0.4) is 0 Å². The van der Waals surface area contributed by atoms with E-state index in [0.717, 1.165) is 12.0 Å². The number of nitrogens with zero attached hydrogens (tertiary/aromatic N) is 1. The molecule has 1 unspecified atom stereocenters. The number of pyridine rings is 1. The molecule has 1 heterocycles. The zero-order valence-corrected chi connectivity index (χ0v) is 11.7. The highest BCUT2D eigenvalue weighted by molar-refractivity contribution is 5.33. The first-order chi connectivity index (χ1) is 9.66. The third-order valence-electron chi connectivity index (χ3n) is 3.19. The Bertz CT molecular complexity index is 593. The first-order valence-electron chi connectivity index (χ1n) is 6.79. The van der Waals surface area contributed by atoms with Crippen molar-refractivity contribution < 1.29 is 4.74 Å². The largest absolute Gasteiger partial charge is 0.398 e. The van der Waals surface area contributed by atoms with Crippen molar-refractivity contribution in [1.82, 2.24) is 4.57 Å². The predicted molar refractivity (Wildman–Crippen MR) is 80.5 cm³/mol. The van der Waals surface area contributed by atoms with Crippen LogP contribution in [0.1, 0.15) is 25.0 Å². The van der Waals surface area contributed by atoms with Crippen LogP contribution in [-0.4, -0.2) is 11.2 Å². The third-order valence-corrected chi connectivity index (χ3v) is 3.19. The lowest BCUT2D eigenvalue weighted by molar-refractivity contribution is 0.0618. The Morgan fingerprint density at radius 2 is 1.95 bits per heavy atom. The molecule has 0 radical (unpaired) electrons. The Kier molecular flexibility index (Phi) is 4.96. The van der Waals surface area contributed by atoms with E-state index in [0.29, 0.717) is 18.8 Å². The van der Waals surface area contributed by atoms with Crippen molar-refractivity contribution in [3.05, 3.63) is 64.6 Å². The van der Waals surface area contributed by atoms with Gasteiger partial charge in [0.25, 0.3) is 5.56 Å². The lowest BCUT2D eigenvalue weighted by Gasteiger charge is -2.13. The summed E-state index contributed by atoms with van der Waals surface area (Å²) in [6.45, 7) is 3.25. The summed E-state index contributed by atoms with van der Waals surface area (Å²) in [5, 5.41) is 0. The molecule has 0 fully saturated rings. The summed E-state index contributed by atoms with van der Waals surface area (Å²) in [4.78, 5) is 11.6. The van der Waals surface area contributed by atoms with Crippen molar-refractivity contribution in [1.29, 1.82) is 0 Å². The Morgan fingerprint density at radius 3 is 2.70 bits per heavy atom. The fourth-order valence-corrected chi connectivity index (χ4v) is 2.04. The molecule has 2 aromatic rings. The van der Waals surface area contributed by atoms with Crippen LogP contribution in [0.15, 0.2) is 53.5 Å². The van der Waals surface area contributed by atoms with E-state index in [1.54, 1.807) is 16.8 Å². The van der Waals surface area contributed by atoms with Gasteiger partial charge in [-0.15, -0.1) is 0 Å². The monoisotopic (exact) mass is 272 g/mol. The van der Waals surface area contributed by atoms with Crippen LogP contribution < -0.4 is 11.3 Å². The van der Waals surface area contributed by atoms with Gasteiger partial charge in [0.15, 0.2) is 0 Å². The van der Waals surface area contributed by atoms with Crippen molar-refractivity contribution in [3.8, 4) is 0 Å². The average Bonchev–Trinajstić information content (AvgIpc) is 2.47. The molecular formula is C16H20N2O2. The maximum absolute atomic E-state index is 11.6. The van der Waals surface area contributed by atoms with Crippen molar-refractivity contribution in [2.24, 2.45) is 0 Å². The molecule has 0 aliphatic heterocycles. The molecule has 0 saturated carbocycles. The number of hydrogen-bond donors (Lipinski definition) is 1. The van der Waals surface area contributed by atoms with Gasteiger partial charge in [0.1, 0.15) is 0 Å². The first-order valence-corrected chi connectivity index (χ1v) is 6.79. The van der Waals surface area contributed by atoms with E-state index in [9.17, 15) is 4.79 Å². The van der Waals surface area contributed by atoms with Crippen molar-refractivity contribution in [2.45, 2.75) is 26.0 Å². The molecule has 1 aromatic heterocycles. The van der Waals surface area contributed by atoms with Gasteiger partial charge in [-0.3, -0.25) is 4.79 Å². The number of rotatable bonds is 6. The molecule has 1 aromatic carbocycles. The minimum atomic E-state index is -0.0321. The average molecular weight is 272 g/mol. The summed E-state index contributed by atoms with van der Waals surface area (Å²) in [7, 11) is 0. The molecule has 20 heavy (non-hydrogen) atoms. The van der Waals surface area contributed by atoms with Gasteiger partial charge in [-0.05, 0) is 25.0 Å². The number of hydrogen-bond acceptors (Lipinski definition) is 3. The molecule has 4 nitrogen and oxygen atoms in total. The number of nitrogen functional groups attached to an aromatic ring is 1. The highest BCUT2D eigenvalue weighted by atomic mass is 16.5. The predicted octanol–water partition coefficient (Wildman–Crippen LogP) is 2.60. The van der Waals surface area contributed by atoms with E-state index in [1.807, 2.05) is 37.3 Å². The van der Waals surface area contributed by atoms with Gasteiger partial charge in [-0.1, -0.05) is 30.3 Å². The zero-order chi connectivity index (χ0) is 14.4. The zero-order valence-electron chi connectivity index (χ0n) is 11.7. The Balaban J connectivity index is 1.79. The summed E-state index contributed by atoms with van der Waals surface area (Å²) < 4.78 is 7.39. The molecule has 0 amide bonds. The Hall–Kier alpha value is -2.07.